The molecular weight excluding hydrogens is 284 g/mol. The SMILES string of the molecule is O=C(O)C1CCN(C(=O)CN2CC3=C(C=CCC3)C2=O)CC1. The first kappa shape index (κ1) is 14.8. The van der Waals surface area contributed by atoms with Crippen LogP contribution in [-0.2, 0) is 14.4 Å². The van der Waals surface area contributed by atoms with Crippen LogP contribution < -0.4 is 0 Å². The van der Waals surface area contributed by atoms with Gasteiger partial charge in [-0.05, 0) is 31.3 Å². The number of nitrogens with zero attached hydrogens (tertiary/aromatic N) is 2. The van der Waals surface area contributed by atoms with E-state index in [-0.39, 0.29) is 24.3 Å². The Balaban J connectivity index is 1.54. The van der Waals surface area contributed by atoms with E-state index in [1.807, 2.05) is 12.2 Å². The summed E-state index contributed by atoms with van der Waals surface area (Å²) in [5.41, 5.74) is 1.88. The average molecular weight is 304 g/mol. The minimum Gasteiger partial charge on any atom is -0.481 e. The number of likely N-dealkylation sites (tertiary alicyclic amines) is 1. The molecule has 0 radical (unpaired) electrons. The summed E-state index contributed by atoms with van der Waals surface area (Å²) in [6, 6.07) is 0. The number of carboxylic acids is 1. The molecule has 3 rings (SSSR count). The topological polar surface area (TPSA) is 77.9 Å². The molecule has 0 saturated carbocycles. The Morgan fingerprint density at radius 2 is 2.00 bits per heavy atom. The van der Waals surface area contributed by atoms with Gasteiger partial charge >= 0.3 is 5.97 Å². The van der Waals surface area contributed by atoms with Crippen LogP contribution in [0.3, 0.4) is 0 Å². The third kappa shape index (κ3) is 2.77. The van der Waals surface area contributed by atoms with Crippen molar-refractivity contribution in [3.63, 3.8) is 0 Å². The second-order valence-corrected chi connectivity index (χ2v) is 6.11. The van der Waals surface area contributed by atoms with Crippen LogP contribution in [-0.4, -0.2) is 58.9 Å². The molecule has 0 spiro atoms. The number of hydrogen-bond acceptors (Lipinski definition) is 3. The summed E-state index contributed by atoms with van der Waals surface area (Å²) in [6.07, 6.45) is 6.70. The molecule has 1 saturated heterocycles. The molecule has 3 aliphatic rings. The number of aliphatic carboxylic acids is 1. The van der Waals surface area contributed by atoms with Crippen molar-refractivity contribution in [2.45, 2.75) is 25.7 Å². The largest absolute Gasteiger partial charge is 0.481 e. The first-order valence-electron chi connectivity index (χ1n) is 7.74. The van der Waals surface area contributed by atoms with Crippen molar-refractivity contribution in [3.05, 3.63) is 23.3 Å². The number of carboxylic acid groups (broad SMARTS) is 1. The average Bonchev–Trinajstić information content (AvgIpc) is 2.84. The van der Waals surface area contributed by atoms with Gasteiger partial charge < -0.3 is 14.9 Å². The normalized spacial score (nSPS) is 22.3. The Morgan fingerprint density at radius 1 is 1.27 bits per heavy atom. The highest BCUT2D eigenvalue weighted by molar-refractivity contribution is 6.01. The summed E-state index contributed by atoms with van der Waals surface area (Å²) >= 11 is 0. The van der Waals surface area contributed by atoms with Crippen LogP contribution >= 0.6 is 0 Å². The molecular formula is C16H20N2O4. The van der Waals surface area contributed by atoms with E-state index in [9.17, 15) is 14.4 Å². The number of hydrogen-bond donors (Lipinski definition) is 1. The van der Waals surface area contributed by atoms with Gasteiger partial charge in [0.2, 0.25) is 5.91 Å². The molecule has 2 heterocycles. The highest BCUT2D eigenvalue weighted by Crippen LogP contribution is 2.27. The molecule has 0 unspecified atom stereocenters. The van der Waals surface area contributed by atoms with Crippen molar-refractivity contribution in [2.24, 2.45) is 5.92 Å². The van der Waals surface area contributed by atoms with Crippen molar-refractivity contribution < 1.29 is 19.5 Å². The van der Waals surface area contributed by atoms with E-state index < -0.39 is 5.97 Å². The standard InChI is InChI=1S/C16H20N2O4/c19-14(17-7-5-11(6-8-17)16(21)22)10-18-9-12-3-1-2-4-13(12)15(18)20/h2,4,11H,1,3,5-10H2,(H,21,22). The van der Waals surface area contributed by atoms with E-state index in [2.05, 4.69) is 0 Å². The number of carbonyl (C=O) groups is 3. The zero-order valence-electron chi connectivity index (χ0n) is 12.5. The first-order chi connectivity index (χ1) is 10.6. The highest BCUT2D eigenvalue weighted by Gasteiger charge is 2.33. The van der Waals surface area contributed by atoms with Gasteiger partial charge in [0.1, 0.15) is 6.54 Å². The molecule has 0 aromatic rings. The minimum atomic E-state index is -0.787. The van der Waals surface area contributed by atoms with E-state index in [4.69, 9.17) is 5.11 Å². The first-order valence-corrected chi connectivity index (χ1v) is 7.74. The Bertz CT molecular complexity index is 571. The van der Waals surface area contributed by atoms with Crippen LogP contribution in [0.2, 0.25) is 0 Å². The molecule has 1 N–H and O–H groups in total. The van der Waals surface area contributed by atoms with Gasteiger partial charge in [0.25, 0.3) is 5.91 Å². The van der Waals surface area contributed by atoms with Crippen LogP contribution in [0.15, 0.2) is 23.3 Å². The second kappa shape index (κ2) is 5.94. The van der Waals surface area contributed by atoms with Gasteiger partial charge in [-0.3, -0.25) is 14.4 Å². The van der Waals surface area contributed by atoms with Gasteiger partial charge in [-0.25, -0.2) is 0 Å². The van der Waals surface area contributed by atoms with Gasteiger partial charge in [-0.15, -0.1) is 0 Å². The molecule has 6 nitrogen and oxygen atoms in total. The lowest BCUT2D eigenvalue weighted by Crippen LogP contribution is -2.45. The number of allylic oxidation sites excluding steroid dienone is 1. The van der Waals surface area contributed by atoms with Gasteiger partial charge in [0.05, 0.1) is 5.92 Å². The van der Waals surface area contributed by atoms with E-state index in [0.29, 0.717) is 32.5 Å². The fourth-order valence-electron chi connectivity index (χ4n) is 3.34. The van der Waals surface area contributed by atoms with Crippen LogP contribution in [0.4, 0.5) is 0 Å². The van der Waals surface area contributed by atoms with Crippen molar-refractivity contribution in [3.8, 4) is 0 Å². The third-order valence-corrected chi connectivity index (χ3v) is 4.70. The maximum atomic E-state index is 12.3. The van der Waals surface area contributed by atoms with Gasteiger partial charge in [-0.2, -0.15) is 0 Å². The number of carbonyl (C=O) groups excluding carboxylic acids is 2. The highest BCUT2D eigenvalue weighted by atomic mass is 16.4. The van der Waals surface area contributed by atoms with Crippen LogP contribution in [0.25, 0.3) is 0 Å². The Morgan fingerprint density at radius 3 is 2.64 bits per heavy atom. The molecule has 118 valence electrons. The van der Waals surface area contributed by atoms with E-state index >= 15 is 0 Å². The molecule has 2 aliphatic heterocycles. The molecule has 0 bridgehead atoms. The monoisotopic (exact) mass is 304 g/mol. The molecule has 0 aromatic heterocycles. The summed E-state index contributed by atoms with van der Waals surface area (Å²) in [4.78, 5) is 38.8. The zero-order valence-corrected chi connectivity index (χ0v) is 12.5. The summed E-state index contributed by atoms with van der Waals surface area (Å²) in [6.45, 7) is 1.57. The Hall–Kier alpha value is -2.11. The van der Waals surface area contributed by atoms with Crippen LogP contribution in [0.1, 0.15) is 25.7 Å². The van der Waals surface area contributed by atoms with Crippen molar-refractivity contribution in [1.29, 1.82) is 0 Å². The molecule has 1 fully saturated rings. The summed E-state index contributed by atoms with van der Waals surface area (Å²) in [5.74, 6) is -1.28. The van der Waals surface area contributed by atoms with Gasteiger partial charge in [0.15, 0.2) is 0 Å². The molecule has 0 atom stereocenters. The van der Waals surface area contributed by atoms with Crippen molar-refractivity contribution in [1.82, 2.24) is 9.80 Å². The number of rotatable bonds is 3. The molecule has 22 heavy (non-hydrogen) atoms. The van der Waals surface area contributed by atoms with Gasteiger partial charge in [-0.1, -0.05) is 12.2 Å². The van der Waals surface area contributed by atoms with Crippen molar-refractivity contribution in [2.75, 3.05) is 26.2 Å². The Labute approximate surface area is 129 Å². The maximum Gasteiger partial charge on any atom is 0.306 e. The summed E-state index contributed by atoms with van der Waals surface area (Å²) in [7, 11) is 0. The minimum absolute atomic E-state index is 0.0558. The van der Waals surface area contributed by atoms with E-state index in [1.54, 1.807) is 9.80 Å². The van der Waals surface area contributed by atoms with E-state index in [0.717, 1.165) is 24.0 Å². The molecule has 0 aromatic carbocycles. The maximum absolute atomic E-state index is 12.3. The lowest BCUT2D eigenvalue weighted by molar-refractivity contribution is -0.146. The number of amides is 2. The third-order valence-electron chi connectivity index (χ3n) is 4.70. The molecule has 6 heteroatoms. The predicted molar refractivity (Wildman–Crippen MR) is 78.9 cm³/mol. The Kier molecular flexibility index (Phi) is 4.00. The van der Waals surface area contributed by atoms with Gasteiger partial charge in [0, 0.05) is 25.2 Å². The van der Waals surface area contributed by atoms with Crippen LogP contribution in [0.5, 0.6) is 0 Å². The zero-order chi connectivity index (χ0) is 15.7. The van der Waals surface area contributed by atoms with E-state index in [1.165, 1.54) is 0 Å². The predicted octanol–water partition coefficient (Wildman–Crippen LogP) is 0.798. The van der Waals surface area contributed by atoms with Crippen LogP contribution in [0, 0.1) is 5.92 Å². The fourth-order valence-corrected chi connectivity index (χ4v) is 3.34. The number of piperidine rings is 1. The lowest BCUT2D eigenvalue weighted by Gasteiger charge is -2.31. The lowest BCUT2D eigenvalue weighted by atomic mass is 9.97. The smallest absolute Gasteiger partial charge is 0.306 e. The quantitative estimate of drug-likeness (QED) is 0.836. The molecule has 2 amide bonds. The van der Waals surface area contributed by atoms with Crippen molar-refractivity contribution >= 4 is 17.8 Å². The summed E-state index contributed by atoms with van der Waals surface area (Å²) in [5, 5.41) is 8.98. The fraction of sp³-hybridized carbons (Fsp3) is 0.562. The second-order valence-electron chi connectivity index (χ2n) is 6.11. The molecule has 1 aliphatic carbocycles. The summed E-state index contributed by atoms with van der Waals surface area (Å²) < 4.78 is 0.